The number of amides is 2. The molecule has 1 saturated carbocycles. The van der Waals surface area contributed by atoms with E-state index in [1.54, 1.807) is 20.8 Å². The summed E-state index contributed by atoms with van der Waals surface area (Å²) in [5.74, 6) is -1.81. The van der Waals surface area contributed by atoms with Crippen LogP contribution in [0.4, 0.5) is 4.79 Å². The topological polar surface area (TPSA) is 105 Å². The molecule has 2 unspecified atom stereocenters. The van der Waals surface area contributed by atoms with Gasteiger partial charge in [0.1, 0.15) is 12.6 Å². The van der Waals surface area contributed by atoms with Crippen molar-refractivity contribution in [1.82, 2.24) is 10.6 Å². The van der Waals surface area contributed by atoms with Crippen LogP contribution in [0.2, 0.25) is 0 Å². The summed E-state index contributed by atoms with van der Waals surface area (Å²) in [6.07, 6.45) is 2.23. The Hall–Kier alpha value is -3.35. The van der Waals surface area contributed by atoms with Crippen LogP contribution in [-0.2, 0) is 14.3 Å². The van der Waals surface area contributed by atoms with E-state index in [4.69, 9.17) is 4.74 Å². The SMILES string of the molecule is CC(C)(C)C(NC(=O)C(CNC(=O)OCC1c2ccccc2-c2ccccc21)C1CCC1)C(=O)O. The number of carboxylic acid groups (broad SMARTS) is 1. The number of benzene rings is 2. The van der Waals surface area contributed by atoms with E-state index in [1.807, 2.05) is 24.3 Å². The summed E-state index contributed by atoms with van der Waals surface area (Å²) < 4.78 is 5.60. The van der Waals surface area contributed by atoms with Crippen LogP contribution in [0.15, 0.2) is 48.5 Å². The van der Waals surface area contributed by atoms with Crippen LogP contribution >= 0.6 is 0 Å². The molecule has 0 heterocycles. The van der Waals surface area contributed by atoms with Gasteiger partial charge in [-0.25, -0.2) is 9.59 Å². The standard InChI is InChI=1S/C28H34N2O5/c1-28(2,3)24(26(32)33)30-25(31)22(17-9-8-10-17)15-29-27(34)35-16-23-20-13-6-4-11-18(20)19-12-5-7-14-21(19)23/h4-7,11-14,17,22-24H,8-10,15-16H2,1-3H3,(H,29,34)(H,30,31)(H,32,33). The highest BCUT2D eigenvalue weighted by molar-refractivity contribution is 5.86. The first kappa shape index (κ1) is 24.8. The number of alkyl carbamates (subject to hydrolysis) is 1. The third-order valence-corrected chi connectivity index (χ3v) is 7.27. The Balaban J connectivity index is 1.37. The molecular weight excluding hydrogens is 444 g/mol. The third kappa shape index (κ3) is 5.34. The lowest BCUT2D eigenvalue weighted by atomic mass is 9.75. The fourth-order valence-electron chi connectivity index (χ4n) is 5.06. The Labute approximate surface area is 206 Å². The average Bonchev–Trinajstić information content (AvgIpc) is 3.10. The molecule has 0 radical (unpaired) electrons. The molecule has 2 aliphatic rings. The molecule has 0 saturated heterocycles. The van der Waals surface area contributed by atoms with Crippen molar-refractivity contribution in [2.24, 2.45) is 17.3 Å². The summed E-state index contributed by atoms with van der Waals surface area (Å²) in [5.41, 5.74) is 3.95. The van der Waals surface area contributed by atoms with E-state index in [-0.39, 0.29) is 30.9 Å². The second kappa shape index (κ2) is 10.1. The number of hydrogen-bond donors (Lipinski definition) is 3. The molecule has 0 aliphatic heterocycles. The summed E-state index contributed by atoms with van der Waals surface area (Å²) >= 11 is 0. The normalized spacial score (nSPS) is 16.9. The first-order chi connectivity index (χ1) is 16.7. The summed E-state index contributed by atoms with van der Waals surface area (Å²) in [4.78, 5) is 37.3. The van der Waals surface area contributed by atoms with Gasteiger partial charge in [0, 0.05) is 12.5 Å². The molecule has 1 fully saturated rings. The number of hydrogen-bond acceptors (Lipinski definition) is 4. The van der Waals surface area contributed by atoms with Crippen LogP contribution < -0.4 is 10.6 Å². The van der Waals surface area contributed by atoms with Gasteiger partial charge in [-0.15, -0.1) is 0 Å². The van der Waals surface area contributed by atoms with Crippen molar-refractivity contribution >= 4 is 18.0 Å². The van der Waals surface area contributed by atoms with Gasteiger partial charge in [0.25, 0.3) is 0 Å². The highest BCUT2D eigenvalue weighted by atomic mass is 16.5. The third-order valence-electron chi connectivity index (χ3n) is 7.27. The van der Waals surface area contributed by atoms with Gasteiger partial charge >= 0.3 is 12.1 Å². The van der Waals surface area contributed by atoms with Crippen molar-refractivity contribution < 1.29 is 24.2 Å². The number of fused-ring (bicyclic) bond motifs is 3. The van der Waals surface area contributed by atoms with E-state index in [2.05, 4.69) is 34.9 Å². The van der Waals surface area contributed by atoms with Gasteiger partial charge in [0.15, 0.2) is 0 Å². The second-order valence-corrected chi connectivity index (χ2v) is 10.6. The number of carbonyl (C=O) groups is 3. The first-order valence-electron chi connectivity index (χ1n) is 12.3. The monoisotopic (exact) mass is 478 g/mol. The molecular formula is C28H34N2O5. The Kier molecular flexibility index (Phi) is 7.15. The second-order valence-electron chi connectivity index (χ2n) is 10.6. The smallest absolute Gasteiger partial charge is 0.407 e. The molecule has 7 heteroatoms. The molecule has 186 valence electrons. The van der Waals surface area contributed by atoms with E-state index in [0.29, 0.717) is 0 Å². The van der Waals surface area contributed by atoms with Crippen LogP contribution in [0.5, 0.6) is 0 Å². The molecule has 2 aromatic carbocycles. The molecule has 2 aliphatic carbocycles. The molecule has 2 amide bonds. The lowest BCUT2D eigenvalue weighted by molar-refractivity contribution is -0.146. The zero-order valence-electron chi connectivity index (χ0n) is 20.5. The highest BCUT2D eigenvalue weighted by Gasteiger charge is 2.38. The summed E-state index contributed by atoms with van der Waals surface area (Å²) in [7, 11) is 0. The predicted octanol–water partition coefficient (Wildman–Crippen LogP) is 4.56. The molecule has 2 aromatic rings. The van der Waals surface area contributed by atoms with Crippen molar-refractivity contribution in [3.63, 3.8) is 0 Å². The zero-order valence-corrected chi connectivity index (χ0v) is 20.5. The van der Waals surface area contributed by atoms with Gasteiger partial charge in [0.05, 0.1) is 5.92 Å². The summed E-state index contributed by atoms with van der Waals surface area (Å²) in [6, 6.07) is 15.3. The molecule has 35 heavy (non-hydrogen) atoms. The van der Waals surface area contributed by atoms with Gasteiger partial charge in [-0.2, -0.15) is 0 Å². The molecule has 0 aromatic heterocycles. The van der Waals surface area contributed by atoms with Gasteiger partial charge in [0.2, 0.25) is 5.91 Å². The number of carbonyl (C=O) groups excluding carboxylic acids is 2. The van der Waals surface area contributed by atoms with Gasteiger partial charge < -0.3 is 20.5 Å². The Morgan fingerprint density at radius 1 is 1.00 bits per heavy atom. The number of aliphatic carboxylic acids is 1. The molecule has 0 bridgehead atoms. The van der Waals surface area contributed by atoms with Crippen LogP contribution in [0.1, 0.15) is 57.1 Å². The molecule has 7 nitrogen and oxygen atoms in total. The molecule has 4 rings (SSSR count). The van der Waals surface area contributed by atoms with Crippen LogP contribution in [0.3, 0.4) is 0 Å². The number of ether oxygens (including phenoxy) is 1. The minimum atomic E-state index is -1.07. The van der Waals surface area contributed by atoms with E-state index in [1.165, 1.54) is 0 Å². The summed E-state index contributed by atoms with van der Waals surface area (Å²) in [5, 5.41) is 15.0. The van der Waals surface area contributed by atoms with E-state index in [9.17, 15) is 19.5 Å². The van der Waals surface area contributed by atoms with Crippen LogP contribution in [0.25, 0.3) is 11.1 Å². The average molecular weight is 479 g/mol. The van der Waals surface area contributed by atoms with E-state index in [0.717, 1.165) is 41.5 Å². The maximum absolute atomic E-state index is 13.0. The van der Waals surface area contributed by atoms with Crippen molar-refractivity contribution in [3.05, 3.63) is 59.7 Å². The fraction of sp³-hybridized carbons (Fsp3) is 0.464. The van der Waals surface area contributed by atoms with Crippen LogP contribution in [-0.4, -0.2) is 42.3 Å². The van der Waals surface area contributed by atoms with Crippen molar-refractivity contribution in [1.29, 1.82) is 0 Å². The largest absolute Gasteiger partial charge is 0.480 e. The van der Waals surface area contributed by atoms with Gasteiger partial charge in [-0.1, -0.05) is 75.7 Å². The minimum Gasteiger partial charge on any atom is -0.480 e. The van der Waals surface area contributed by atoms with Crippen molar-refractivity contribution in [2.75, 3.05) is 13.2 Å². The first-order valence-corrected chi connectivity index (χ1v) is 12.3. The van der Waals surface area contributed by atoms with Gasteiger partial charge in [-0.3, -0.25) is 4.79 Å². The lowest BCUT2D eigenvalue weighted by Gasteiger charge is -2.35. The van der Waals surface area contributed by atoms with E-state index < -0.39 is 29.4 Å². The Bertz CT molecular complexity index is 1060. The number of carboxylic acids is 1. The van der Waals surface area contributed by atoms with E-state index >= 15 is 0 Å². The van der Waals surface area contributed by atoms with Crippen molar-refractivity contribution in [2.45, 2.75) is 52.0 Å². The molecule has 3 N–H and O–H groups in total. The lowest BCUT2D eigenvalue weighted by Crippen LogP contribution is -2.53. The Morgan fingerprint density at radius 2 is 1.57 bits per heavy atom. The maximum atomic E-state index is 13.0. The number of nitrogens with one attached hydrogen (secondary N) is 2. The number of rotatable bonds is 8. The van der Waals surface area contributed by atoms with Crippen molar-refractivity contribution in [3.8, 4) is 11.1 Å². The fourth-order valence-corrected chi connectivity index (χ4v) is 5.06. The summed E-state index contributed by atoms with van der Waals surface area (Å²) in [6.45, 7) is 5.65. The highest BCUT2D eigenvalue weighted by Crippen LogP contribution is 2.44. The molecule has 0 spiro atoms. The maximum Gasteiger partial charge on any atom is 0.407 e. The Morgan fingerprint density at radius 3 is 2.06 bits per heavy atom. The van der Waals surface area contributed by atoms with Crippen LogP contribution in [0, 0.1) is 17.3 Å². The minimum absolute atomic E-state index is 0.0398. The van der Waals surface area contributed by atoms with Gasteiger partial charge in [-0.05, 0) is 46.4 Å². The zero-order chi connectivity index (χ0) is 25.2. The predicted molar refractivity (Wildman–Crippen MR) is 133 cm³/mol. The quantitative estimate of drug-likeness (QED) is 0.516. The molecule has 2 atom stereocenters.